The maximum Gasteiger partial charge on any atom is 0.230 e. The lowest BCUT2D eigenvalue weighted by Crippen LogP contribution is -2.15. The van der Waals surface area contributed by atoms with Crippen LogP contribution in [0.15, 0.2) is 18.2 Å². The molecule has 0 fully saturated rings. The fourth-order valence-corrected chi connectivity index (χ4v) is 2.61. The highest BCUT2D eigenvalue weighted by Gasteiger charge is 2.13. The molecule has 6 nitrogen and oxygen atoms in total. The Morgan fingerprint density at radius 3 is 2.68 bits per heavy atom. The van der Waals surface area contributed by atoms with Gasteiger partial charge in [0.25, 0.3) is 0 Å². The number of aromatic nitrogens is 2. The zero-order chi connectivity index (χ0) is 16.1. The normalized spacial score (nSPS) is 10.3. The van der Waals surface area contributed by atoms with E-state index >= 15 is 0 Å². The number of rotatable bonds is 6. The van der Waals surface area contributed by atoms with Gasteiger partial charge in [0.2, 0.25) is 11.0 Å². The molecule has 0 atom stereocenters. The number of carbonyl (C=O) groups excluding carboxylic acids is 2. The molecule has 7 heteroatoms. The molecule has 0 aliphatic heterocycles. The van der Waals surface area contributed by atoms with Crippen molar-refractivity contribution in [2.75, 3.05) is 12.4 Å². The average molecular weight is 319 g/mol. The molecular weight excluding hydrogens is 302 g/mol. The highest BCUT2D eigenvalue weighted by atomic mass is 32.1. The van der Waals surface area contributed by atoms with E-state index < -0.39 is 0 Å². The largest absolute Gasteiger partial charge is 0.496 e. The Morgan fingerprint density at radius 2 is 2.09 bits per heavy atom. The van der Waals surface area contributed by atoms with Gasteiger partial charge in [-0.2, -0.15) is 0 Å². The molecule has 0 saturated heterocycles. The quantitative estimate of drug-likeness (QED) is 0.827. The second-order valence-electron chi connectivity index (χ2n) is 4.66. The molecule has 0 radical (unpaired) electrons. The van der Waals surface area contributed by atoms with E-state index in [0.717, 1.165) is 11.4 Å². The van der Waals surface area contributed by atoms with Crippen LogP contribution in [0.4, 0.5) is 5.13 Å². The molecule has 1 aromatic carbocycles. The molecule has 1 amide bonds. The van der Waals surface area contributed by atoms with E-state index in [1.165, 1.54) is 25.4 Å². The molecule has 1 aromatic heterocycles. The molecule has 0 saturated carbocycles. The number of hydrogen-bond acceptors (Lipinski definition) is 6. The van der Waals surface area contributed by atoms with Crippen molar-refractivity contribution < 1.29 is 14.3 Å². The molecule has 0 aliphatic carbocycles. The fraction of sp³-hybridized carbons (Fsp3) is 0.333. The van der Waals surface area contributed by atoms with Crippen LogP contribution in [0.5, 0.6) is 5.75 Å². The van der Waals surface area contributed by atoms with Crippen molar-refractivity contribution in [2.45, 2.75) is 26.7 Å². The number of amides is 1. The third kappa shape index (κ3) is 3.88. The third-order valence-corrected chi connectivity index (χ3v) is 4.04. The van der Waals surface area contributed by atoms with E-state index in [-0.39, 0.29) is 18.1 Å². The number of carbonyl (C=O) groups is 2. The minimum absolute atomic E-state index is 0.0546. The van der Waals surface area contributed by atoms with Crippen LogP contribution in [0, 0.1) is 0 Å². The van der Waals surface area contributed by atoms with Gasteiger partial charge in [0, 0.05) is 11.1 Å². The Morgan fingerprint density at radius 1 is 1.32 bits per heavy atom. The number of ether oxygens (including phenoxy) is 1. The number of nitrogens with zero attached hydrogens (tertiary/aromatic N) is 2. The highest BCUT2D eigenvalue weighted by Crippen LogP contribution is 2.22. The molecular formula is C15H17N3O3S. The average Bonchev–Trinajstić information content (AvgIpc) is 2.94. The van der Waals surface area contributed by atoms with Crippen LogP contribution in [0.1, 0.15) is 34.8 Å². The first-order chi connectivity index (χ1) is 10.5. The Hall–Kier alpha value is -2.28. The number of nitrogens with one attached hydrogen (secondary N) is 1. The van der Waals surface area contributed by atoms with Gasteiger partial charge in [0.15, 0.2) is 5.78 Å². The smallest absolute Gasteiger partial charge is 0.230 e. The maximum absolute atomic E-state index is 12.1. The molecule has 116 valence electrons. The van der Waals surface area contributed by atoms with Gasteiger partial charge in [-0.15, -0.1) is 10.2 Å². The molecule has 0 unspecified atom stereocenters. The molecule has 2 aromatic rings. The predicted octanol–water partition coefficient (Wildman–Crippen LogP) is 2.49. The monoisotopic (exact) mass is 319 g/mol. The first-order valence-electron chi connectivity index (χ1n) is 6.83. The summed E-state index contributed by atoms with van der Waals surface area (Å²) in [4.78, 5) is 23.6. The van der Waals surface area contributed by atoms with Gasteiger partial charge in [0.1, 0.15) is 10.8 Å². The molecule has 2 rings (SSSR count). The molecule has 22 heavy (non-hydrogen) atoms. The number of benzene rings is 1. The van der Waals surface area contributed by atoms with Crippen molar-refractivity contribution in [3.05, 3.63) is 34.3 Å². The van der Waals surface area contributed by atoms with Crippen molar-refractivity contribution in [3.63, 3.8) is 0 Å². The van der Waals surface area contributed by atoms with Gasteiger partial charge in [-0.1, -0.05) is 18.3 Å². The van der Waals surface area contributed by atoms with Crippen LogP contribution >= 0.6 is 11.3 Å². The summed E-state index contributed by atoms with van der Waals surface area (Å²) in [5.41, 5.74) is 1.21. The Balaban J connectivity index is 2.12. The van der Waals surface area contributed by atoms with Gasteiger partial charge in [-0.3, -0.25) is 9.59 Å². The Bertz CT molecular complexity index is 697. The third-order valence-electron chi connectivity index (χ3n) is 3.05. The second kappa shape index (κ2) is 7.13. The summed E-state index contributed by atoms with van der Waals surface area (Å²) in [7, 11) is 1.53. The Labute approximate surface area is 132 Å². The second-order valence-corrected chi connectivity index (χ2v) is 5.72. The summed E-state index contributed by atoms with van der Waals surface area (Å²) < 4.78 is 5.24. The van der Waals surface area contributed by atoms with Crippen molar-refractivity contribution in [2.24, 2.45) is 0 Å². The first kappa shape index (κ1) is 16.1. The van der Waals surface area contributed by atoms with Gasteiger partial charge in [-0.25, -0.2) is 0 Å². The lowest BCUT2D eigenvalue weighted by molar-refractivity contribution is -0.115. The number of ketones is 1. The minimum Gasteiger partial charge on any atom is -0.496 e. The van der Waals surface area contributed by atoms with E-state index in [4.69, 9.17) is 4.74 Å². The number of Topliss-reactive ketones (excluding diaryl/α,β-unsaturated/α-hetero) is 1. The summed E-state index contributed by atoms with van der Waals surface area (Å²) in [5, 5.41) is 11.9. The van der Waals surface area contributed by atoms with Gasteiger partial charge < -0.3 is 10.1 Å². The van der Waals surface area contributed by atoms with E-state index in [1.54, 1.807) is 18.2 Å². The number of anilines is 1. The number of aryl methyl sites for hydroxylation is 1. The van der Waals surface area contributed by atoms with Crippen LogP contribution in [0.3, 0.4) is 0 Å². The van der Waals surface area contributed by atoms with E-state index in [1.807, 2.05) is 6.92 Å². The van der Waals surface area contributed by atoms with Gasteiger partial charge >= 0.3 is 0 Å². The zero-order valence-corrected chi connectivity index (χ0v) is 13.5. The zero-order valence-electron chi connectivity index (χ0n) is 12.7. The van der Waals surface area contributed by atoms with Crippen LogP contribution < -0.4 is 10.1 Å². The van der Waals surface area contributed by atoms with Crippen LogP contribution in [-0.4, -0.2) is 29.0 Å². The fourth-order valence-electron chi connectivity index (χ4n) is 1.92. The van der Waals surface area contributed by atoms with Crippen LogP contribution in [-0.2, 0) is 17.6 Å². The minimum atomic E-state index is -0.224. The SMILES string of the molecule is CCc1nnc(NC(=O)Cc2cc(C(C)=O)ccc2OC)s1. The summed E-state index contributed by atoms with van der Waals surface area (Å²) >= 11 is 1.35. The first-order valence-corrected chi connectivity index (χ1v) is 7.65. The van der Waals surface area contributed by atoms with Gasteiger partial charge in [0.05, 0.1) is 13.5 Å². The number of hydrogen-bond donors (Lipinski definition) is 1. The predicted molar refractivity (Wildman–Crippen MR) is 84.6 cm³/mol. The summed E-state index contributed by atoms with van der Waals surface area (Å²) in [6.07, 6.45) is 0.882. The van der Waals surface area contributed by atoms with Crippen molar-refractivity contribution >= 4 is 28.2 Å². The lowest BCUT2D eigenvalue weighted by Gasteiger charge is -2.09. The van der Waals surface area contributed by atoms with Crippen molar-refractivity contribution in [1.29, 1.82) is 0 Å². The molecule has 1 heterocycles. The summed E-state index contributed by atoms with van der Waals surface area (Å²) in [6, 6.07) is 5.05. The summed E-state index contributed by atoms with van der Waals surface area (Å²) in [6.45, 7) is 3.46. The van der Waals surface area contributed by atoms with Crippen molar-refractivity contribution in [3.8, 4) is 5.75 Å². The number of methoxy groups -OCH3 is 1. The molecule has 1 N–H and O–H groups in total. The standard InChI is InChI=1S/C15H17N3O3S/c1-4-14-17-18-15(22-14)16-13(20)8-11-7-10(9(2)19)5-6-12(11)21-3/h5-7H,4,8H2,1-3H3,(H,16,18,20). The Kier molecular flexibility index (Phi) is 5.21. The molecule has 0 spiro atoms. The summed E-state index contributed by atoms with van der Waals surface area (Å²) in [5.74, 6) is 0.297. The lowest BCUT2D eigenvalue weighted by atomic mass is 10.0. The van der Waals surface area contributed by atoms with Crippen molar-refractivity contribution in [1.82, 2.24) is 10.2 Å². The van der Waals surface area contributed by atoms with E-state index in [2.05, 4.69) is 15.5 Å². The molecule has 0 bridgehead atoms. The highest BCUT2D eigenvalue weighted by molar-refractivity contribution is 7.15. The maximum atomic E-state index is 12.1. The molecule has 0 aliphatic rings. The van der Waals surface area contributed by atoms with E-state index in [0.29, 0.717) is 22.0 Å². The van der Waals surface area contributed by atoms with Crippen LogP contribution in [0.25, 0.3) is 0 Å². The topological polar surface area (TPSA) is 81.2 Å². The van der Waals surface area contributed by atoms with E-state index in [9.17, 15) is 9.59 Å². The van der Waals surface area contributed by atoms with Crippen LogP contribution in [0.2, 0.25) is 0 Å². The van der Waals surface area contributed by atoms with Gasteiger partial charge in [-0.05, 0) is 31.5 Å².